The van der Waals surface area contributed by atoms with E-state index in [2.05, 4.69) is 0 Å². The molecule has 0 amide bonds. The minimum Gasteiger partial charge on any atom is -0.457 e. The number of halogens is 3. The van der Waals surface area contributed by atoms with Gasteiger partial charge in [0.2, 0.25) is 0 Å². The van der Waals surface area contributed by atoms with Gasteiger partial charge in [0.05, 0.1) is 11.7 Å². The van der Waals surface area contributed by atoms with Crippen LogP contribution in [0.25, 0.3) is 0 Å². The molecule has 0 fully saturated rings. The molecule has 1 unspecified atom stereocenters. The number of alkyl halides is 3. The van der Waals surface area contributed by atoms with Crippen LogP contribution in [0.4, 0.5) is 13.2 Å². The lowest BCUT2D eigenvalue weighted by Gasteiger charge is -2.11. The molecule has 0 saturated carbocycles. The van der Waals surface area contributed by atoms with Crippen LogP contribution in [-0.2, 0) is 6.18 Å². The van der Waals surface area contributed by atoms with E-state index in [-0.39, 0.29) is 5.75 Å². The standard InChI is InChI=1S/C15H13F3O2/c1-10(19)11-4-2-6-13(8-11)20-14-7-3-5-12(9-14)15(16,17)18/h2-10,19H,1H3. The minimum atomic E-state index is -4.40. The number of hydrogen-bond acceptors (Lipinski definition) is 2. The predicted octanol–water partition coefficient (Wildman–Crippen LogP) is 4.55. The van der Waals surface area contributed by atoms with Gasteiger partial charge in [0.1, 0.15) is 11.5 Å². The smallest absolute Gasteiger partial charge is 0.416 e. The van der Waals surface area contributed by atoms with Gasteiger partial charge in [-0.15, -0.1) is 0 Å². The van der Waals surface area contributed by atoms with Gasteiger partial charge in [0.15, 0.2) is 0 Å². The fourth-order valence-corrected chi connectivity index (χ4v) is 1.71. The Kier molecular flexibility index (Phi) is 3.99. The van der Waals surface area contributed by atoms with Crippen LogP contribution in [0.1, 0.15) is 24.2 Å². The van der Waals surface area contributed by atoms with Crippen molar-refractivity contribution >= 4 is 0 Å². The van der Waals surface area contributed by atoms with E-state index in [1.165, 1.54) is 12.1 Å². The van der Waals surface area contributed by atoms with E-state index in [0.717, 1.165) is 12.1 Å². The van der Waals surface area contributed by atoms with Crippen LogP contribution < -0.4 is 4.74 Å². The quantitative estimate of drug-likeness (QED) is 0.894. The van der Waals surface area contributed by atoms with Crippen molar-refractivity contribution in [3.63, 3.8) is 0 Å². The number of benzene rings is 2. The van der Waals surface area contributed by atoms with Crippen LogP contribution in [0.15, 0.2) is 48.5 Å². The Morgan fingerprint density at radius 2 is 1.60 bits per heavy atom. The molecule has 0 aromatic heterocycles. The van der Waals surface area contributed by atoms with Gasteiger partial charge >= 0.3 is 6.18 Å². The van der Waals surface area contributed by atoms with Crippen molar-refractivity contribution in [1.29, 1.82) is 0 Å². The molecule has 0 saturated heterocycles. The molecule has 5 heteroatoms. The largest absolute Gasteiger partial charge is 0.457 e. The first-order chi connectivity index (χ1) is 9.36. The Bertz CT molecular complexity index is 592. The van der Waals surface area contributed by atoms with Gasteiger partial charge in [-0.1, -0.05) is 18.2 Å². The van der Waals surface area contributed by atoms with E-state index in [0.29, 0.717) is 11.3 Å². The molecule has 0 bridgehead atoms. The molecule has 0 radical (unpaired) electrons. The lowest BCUT2D eigenvalue weighted by atomic mass is 10.1. The van der Waals surface area contributed by atoms with Crippen LogP contribution >= 0.6 is 0 Å². The van der Waals surface area contributed by atoms with E-state index in [1.54, 1.807) is 31.2 Å². The van der Waals surface area contributed by atoms with Crippen LogP contribution in [-0.4, -0.2) is 5.11 Å². The molecular formula is C15H13F3O2. The maximum absolute atomic E-state index is 12.6. The van der Waals surface area contributed by atoms with Gasteiger partial charge < -0.3 is 9.84 Å². The number of ether oxygens (including phenoxy) is 1. The maximum Gasteiger partial charge on any atom is 0.416 e. The Hall–Kier alpha value is -2.01. The summed E-state index contributed by atoms with van der Waals surface area (Å²) in [7, 11) is 0. The van der Waals surface area contributed by atoms with Crippen molar-refractivity contribution in [3.05, 3.63) is 59.7 Å². The lowest BCUT2D eigenvalue weighted by Crippen LogP contribution is -2.04. The second kappa shape index (κ2) is 5.54. The summed E-state index contributed by atoms with van der Waals surface area (Å²) in [6.45, 7) is 1.60. The number of aliphatic hydroxyl groups excluding tert-OH is 1. The van der Waals surface area contributed by atoms with Crippen molar-refractivity contribution in [1.82, 2.24) is 0 Å². The average molecular weight is 282 g/mol. The molecule has 0 spiro atoms. The zero-order valence-corrected chi connectivity index (χ0v) is 10.7. The number of rotatable bonds is 3. The highest BCUT2D eigenvalue weighted by Crippen LogP contribution is 2.33. The third-order valence-corrected chi connectivity index (χ3v) is 2.74. The molecule has 106 valence electrons. The monoisotopic (exact) mass is 282 g/mol. The van der Waals surface area contributed by atoms with Crippen LogP contribution in [0.5, 0.6) is 11.5 Å². The average Bonchev–Trinajstić information content (AvgIpc) is 2.38. The van der Waals surface area contributed by atoms with Crippen LogP contribution in [0.2, 0.25) is 0 Å². The minimum absolute atomic E-state index is 0.0996. The third kappa shape index (κ3) is 3.51. The fraction of sp³-hybridized carbons (Fsp3) is 0.200. The summed E-state index contributed by atoms with van der Waals surface area (Å²) in [4.78, 5) is 0. The van der Waals surface area contributed by atoms with E-state index in [4.69, 9.17) is 4.74 Å². The highest BCUT2D eigenvalue weighted by atomic mass is 19.4. The van der Waals surface area contributed by atoms with Gasteiger partial charge in [-0.3, -0.25) is 0 Å². The molecule has 0 aliphatic rings. The Morgan fingerprint density at radius 3 is 2.20 bits per heavy atom. The first-order valence-electron chi connectivity index (χ1n) is 5.99. The van der Waals surface area contributed by atoms with Crippen molar-refractivity contribution in [2.24, 2.45) is 0 Å². The first-order valence-corrected chi connectivity index (χ1v) is 5.99. The molecule has 0 aliphatic heterocycles. The van der Waals surface area contributed by atoms with E-state index < -0.39 is 17.8 Å². The molecule has 2 rings (SSSR count). The maximum atomic E-state index is 12.6. The number of aliphatic hydroxyl groups is 1. The normalized spacial score (nSPS) is 13.1. The highest BCUT2D eigenvalue weighted by molar-refractivity contribution is 5.37. The van der Waals surface area contributed by atoms with Crippen LogP contribution in [0, 0.1) is 0 Å². The topological polar surface area (TPSA) is 29.5 Å². The summed E-state index contributed by atoms with van der Waals surface area (Å²) in [6, 6.07) is 11.3. The van der Waals surface area contributed by atoms with E-state index in [1.807, 2.05) is 0 Å². The van der Waals surface area contributed by atoms with Gasteiger partial charge in [0.25, 0.3) is 0 Å². The zero-order valence-electron chi connectivity index (χ0n) is 10.7. The molecule has 2 nitrogen and oxygen atoms in total. The van der Waals surface area contributed by atoms with Crippen molar-refractivity contribution < 1.29 is 23.0 Å². The molecule has 1 N–H and O–H groups in total. The van der Waals surface area contributed by atoms with Gasteiger partial charge in [-0.05, 0) is 42.8 Å². The number of hydrogen-bond donors (Lipinski definition) is 1. The summed E-state index contributed by atoms with van der Waals surface area (Å²) >= 11 is 0. The molecular weight excluding hydrogens is 269 g/mol. The second-order valence-corrected chi connectivity index (χ2v) is 4.38. The van der Waals surface area contributed by atoms with Crippen LogP contribution in [0.3, 0.4) is 0 Å². The Morgan fingerprint density at radius 1 is 1.00 bits per heavy atom. The predicted molar refractivity (Wildman–Crippen MR) is 68.6 cm³/mol. The molecule has 2 aromatic rings. The van der Waals surface area contributed by atoms with Gasteiger partial charge in [-0.25, -0.2) is 0 Å². The third-order valence-electron chi connectivity index (χ3n) is 2.74. The summed E-state index contributed by atoms with van der Waals surface area (Å²) in [5, 5.41) is 9.46. The first kappa shape index (κ1) is 14.4. The molecule has 1 atom stereocenters. The lowest BCUT2D eigenvalue weighted by molar-refractivity contribution is -0.137. The summed E-state index contributed by atoms with van der Waals surface area (Å²) < 4.78 is 43.2. The Labute approximate surface area is 114 Å². The SMILES string of the molecule is CC(O)c1cccc(Oc2cccc(C(F)(F)F)c2)c1. The zero-order chi connectivity index (χ0) is 14.8. The molecule has 20 heavy (non-hydrogen) atoms. The summed E-state index contributed by atoms with van der Waals surface area (Å²) in [5.41, 5.74) is -0.129. The summed E-state index contributed by atoms with van der Waals surface area (Å²) in [5.74, 6) is 0.477. The molecule has 2 aromatic carbocycles. The van der Waals surface area contributed by atoms with Gasteiger partial charge in [-0.2, -0.15) is 13.2 Å². The van der Waals surface area contributed by atoms with E-state index >= 15 is 0 Å². The molecule has 0 aliphatic carbocycles. The van der Waals surface area contributed by atoms with Gasteiger partial charge in [0, 0.05) is 0 Å². The second-order valence-electron chi connectivity index (χ2n) is 4.38. The summed E-state index contributed by atoms with van der Waals surface area (Å²) in [6.07, 6.45) is -5.07. The van der Waals surface area contributed by atoms with Crippen molar-refractivity contribution in [2.75, 3.05) is 0 Å². The Balaban J connectivity index is 2.24. The van der Waals surface area contributed by atoms with Crippen molar-refractivity contribution in [3.8, 4) is 11.5 Å². The highest BCUT2D eigenvalue weighted by Gasteiger charge is 2.30. The van der Waals surface area contributed by atoms with E-state index in [9.17, 15) is 18.3 Å². The van der Waals surface area contributed by atoms with Crippen molar-refractivity contribution in [2.45, 2.75) is 19.2 Å². The molecule has 0 heterocycles. The fourth-order valence-electron chi connectivity index (χ4n) is 1.71.